The van der Waals surface area contributed by atoms with Gasteiger partial charge in [-0.05, 0) is 35.6 Å². The number of benzene rings is 1. The van der Waals surface area contributed by atoms with Crippen molar-refractivity contribution < 1.29 is 9.59 Å². The zero-order chi connectivity index (χ0) is 13.4. The van der Waals surface area contributed by atoms with Crippen LogP contribution in [0.25, 0.3) is 0 Å². The smallest absolute Gasteiger partial charge is 0.261 e. The highest BCUT2D eigenvalue weighted by molar-refractivity contribution is 7.10. The molecule has 3 nitrogen and oxygen atoms in total. The number of thiophene rings is 1. The standard InChI is InChI=1S/C15H13NO2S/c1-10-6-7-19-13(10)9-16-14(17)8-11-4-2-3-5-12(11)15(16)18/h2-7H,8-9H2,1H3. The molecular weight excluding hydrogens is 258 g/mol. The fourth-order valence-corrected chi connectivity index (χ4v) is 3.16. The predicted molar refractivity (Wildman–Crippen MR) is 74.1 cm³/mol. The van der Waals surface area contributed by atoms with Crippen molar-refractivity contribution >= 4 is 23.2 Å². The van der Waals surface area contributed by atoms with Gasteiger partial charge in [0.25, 0.3) is 5.91 Å². The minimum atomic E-state index is -0.181. The van der Waals surface area contributed by atoms with Gasteiger partial charge in [-0.15, -0.1) is 11.3 Å². The Hall–Kier alpha value is -1.94. The molecule has 3 rings (SSSR count). The second-order valence-corrected chi connectivity index (χ2v) is 5.65. The summed E-state index contributed by atoms with van der Waals surface area (Å²) >= 11 is 1.58. The largest absolute Gasteiger partial charge is 0.274 e. The molecule has 1 aromatic heterocycles. The molecule has 0 bridgehead atoms. The molecule has 0 saturated carbocycles. The first kappa shape index (κ1) is 12.1. The zero-order valence-corrected chi connectivity index (χ0v) is 11.4. The van der Waals surface area contributed by atoms with E-state index < -0.39 is 0 Å². The number of fused-ring (bicyclic) bond motifs is 1. The van der Waals surface area contributed by atoms with Crippen molar-refractivity contribution in [1.29, 1.82) is 0 Å². The second kappa shape index (κ2) is 4.63. The van der Waals surface area contributed by atoms with Gasteiger partial charge >= 0.3 is 0 Å². The summed E-state index contributed by atoms with van der Waals surface area (Å²) in [6.45, 7) is 2.38. The van der Waals surface area contributed by atoms with Crippen molar-refractivity contribution in [1.82, 2.24) is 4.90 Å². The van der Waals surface area contributed by atoms with Crippen molar-refractivity contribution in [3.63, 3.8) is 0 Å². The minimum Gasteiger partial charge on any atom is -0.274 e. The van der Waals surface area contributed by atoms with E-state index in [0.29, 0.717) is 18.5 Å². The van der Waals surface area contributed by atoms with Crippen molar-refractivity contribution in [3.8, 4) is 0 Å². The molecule has 0 spiro atoms. The van der Waals surface area contributed by atoms with Gasteiger partial charge in [-0.2, -0.15) is 0 Å². The molecule has 0 N–H and O–H groups in total. The van der Waals surface area contributed by atoms with E-state index in [0.717, 1.165) is 16.0 Å². The summed E-state index contributed by atoms with van der Waals surface area (Å²) in [6.07, 6.45) is 0.312. The first-order chi connectivity index (χ1) is 9.16. The van der Waals surface area contributed by atoms with Crippen molar-refractivity contribution in [2.24, 2.45) is 0 Å². The van der Waals surface area contributed by atoms with Crippen LogP contribution in [0.1, 0.15) is 26.4 Å². The van der Waals surface area contributed by atoms with Gasteiger partial charge in [-0.25, -0.2) is 0 Å². The Balaban J connectivity index is 1.94. The number of imide groups is 1. The Kier molecular flexibility index (Phi) is 2.95. The normalized spacial score (nSPS) is 14.7. The highest BCUT2D eigenvalue weighted by Gasteiger charge is 2.30. The van der Waals surface area contributed by atoms with Crippen LogP contribution in [-0.2, 0) is 17.8 Å². The molecule has 0 saturated heterocycles. The van der Waals surface area contributed by atoms with Crippen LogP contribution in [0.5, 0.6) is 0 Å². The van der Waals surface area contributed by atoms with Crippen molar-refractivity contribution in [2.75, 3.05) is 0 Å². The lowest BCUT2D eigenvalue weighted by atomic mass is 9.98. The Labute approximate surface area is 115 Å². The van der Waals surface area contributed by atoms with E-state index in [1.807, 2.05) is 36.6 Å². The molecule has 1 aliphatic heterocycles. The Morgan fingerprint density at radius 3 is 2.74 bits per heavy atom. The third-order valence-electron chi connectivity index (χ3n) is 3.41. The fraction of sp³-hybridized carbons (Fsp3) is 0.200. The van der Waals surface area contributed by atoms with E-state index >= 15 is 0 Å². The molecule has 19 heavy (non-hydrogen) atoms. The molecule has 2 amide bonds. The van der Waals surface area contributed by atoms with E-state index in [-0.39, 0.29) is 11.8 Å². The summed E-state index contributed by atoms with van der Waals surface area (Å²) in [5.41, 5.74) is 2.61. The van der Waals surface area contributed by atoms with E-state index in [1.165, 1.54) is 4.90 Å². The number of carbonyl (C=O) groups is 2. The van der Waals surface area contributed by atoms with Crippen LogP contribution in [0.4, 0.5) is 0 Å². The van der Waals surface area contributed by atoms with Gasteiger partial charge in [0, 0.05) is 10.4 Å². The minimum absolute atomic E-state index is 0.114. The van der Waals surface area contributed by atoms with Crippen molar-refractivity contribution in [3.05, 3.63) is 57.3 Å². The first-order valence-electron chi connectivity index (χ1n) is 6.12. The topological polar surface area (TPSA) is 37.4 Å². The highest BCUT2D eigenvalue weighted by Crippen LogP contribution is 2.24. The summed E-state index contributed by atoms with van der Waals surface area (Å²) in [5, 5.41) is 1.98. The Morgan fingerprint density at radius 2 is 2.00 bits per heavy atom. The summed E-state index contributed by atoms with van der Waals surface area (Å²) in [6, 6.07) is 9.34. The molecule has 0 fully saturated rings. The van der Waals surface area contributed by atoms with E-state index in [4.69, 9.17) is 0 Å². The van der Waals surface area contributed by atoms with Crippen LogP contribution >= 0.6 is 11.3 Å². The molecule has 2 heterocycles. The molecule has 0 unspecified atom stereocenters. The van der Waals surface area contributed by atoms with E-state index in [1.54, 1.807) is 17.4 Å². The number of amides is 2. The summed E-state index contributed by atoms with van der Waals surface area (Å²) in [5.74, 6) is -0.295. The van der Waals surface area contributed by atoms with Gasteiger partial charge in [-0.1, -0.05) is 18.2 Å². The monoisotopic (exact) mass is 271 g/mol. The van der Waals surface area contributed by atoms with Gasteiger partial charge in [0.15, 0.2) is 0 Å². The molecule has 0 atom stereocenters. The van der Waals surface area contributed by atoms with Crippen LogP contribution in [0.3, 0.4) is 0 Å². The van der Waals surface area contributed by atoms with E-state index in [2.05, 4.69) is 0 Å². The first-order valence-corrected chi connectivity index (χ1v) is 7.00. The third-order valence-corrected chi connectivity index (χ3v) is 4.41. The molecule has 2 aromatic rings. The zero-order valence-electron chi connectivity index (χ0n) is 10.6. The molecule has 96 valence electrons. The van der Waals surface area contributed by atoms with Crippen LogP contribution in [0.15, 0.2) is 35.7 Å². The lowest BCUT2D eigenvalue weighted by molar-refractivity contribution is -0.128. The number of hydrogen-bond acceptors (Lipinski definition) is 3. The van der Waals surface area contributed by atoms with Gasteiger partial charge < -0.3 is 0 Å². The Bertz CT molecular complexity index is 660. The summed E-state index contributed by atoms with van der Waals surface area (Å²) < 4.78 is 0. The maximum Gasteiger partial charge on any atom is 0.261 e. The maximum absolute atomic E-state index is 12.4. The molecular formula is C15H13NO2S. The second-order valence-electron chi connectivity index (χ2n) is 4.65. The van der Waals surface area contributed by atoms with Crippen LogP contribution in [-0.4, -0.2) is 16.7 Å². The average Bonchev–Trinajstić information content (AvgIpc) is 2.80. The molecule has 1 aliphatic rings. The van der Waals surface area contributed by atoms with Gasteiger partial charge in [0.2, 0.25) is 5.91 Å². The van der Waals surface area contributed by atoms with E-state index in [9.17, 15) is 9.59 Å². The lowest BCUT2D eigenvalue weighted by Gasteiger charge is -2.26. The molecule has 0 aliphatic carbocycles. The number of hydrogen-bond donors (Lipinski definition) is 0. The summed E-state index contributed by atoms with van der Waals surface area (Å²) in [4.78, 5) is 26.9. The SMILES string of the molecule is Cc1ccsc1CN1C(=O)Cc2ccccc2C1=O. The molecule has 0 radical (unpaired) electrons. The van der Waals surface area contributed by atoms with Gasteiger partial charge in [0.05, 0.1) is 13.0 Å². The quantitative estimate of drug-likeness (QED) is 0.788. The predicted octanol–water partition coefficient (Wildman–Crippen LogP) is 2.78. The molecule has 1 aromatic carbocycles. The Morgan fingerprint density at radius 1 is 1.21 bits per heavy atom. The van der Waals surface area contributed by atoms with Crippen LogP contribution in [0.2, 0.25) is 0 Å². The fourth-order valence-electron chi connectivity index (χ4n) is 2.27. The number of nitrogens with zero attached hydrogens (tertiary/aromatic N) is 1. The van der Waals surface area contributed by atoms with Crippen LogP contribution in [0, 0.1) is 6.92 Å². The van der Waals surface area contributed by atoms with Crippen LogP contribution < -0.4 is 0 Å². The van der Waals surface area contributed by atoms with Gasteiger partial charge in [0.1, 0.15) is 0 Å². The third kappa shape index (κ3) is 2.08. The molecule has 4 heteroatoms. The maximum atomic E-state index is 12.4. The van der Waals surface area contributed by atoms with Crippen molar-refractivity contribution in [2.45, 2.75) is 19.9 Å². The summed E-state index contributed by atoms with van der Waals surface area (Å²) in [7, 11) is 0. The lowest BCUT2D eigenvalue weighted by Crippen LogP contribution is -2.41. The highest BCUT2D eigenvalue weighted by atomic mass is 32.1. The average molecular weight is 271 g/mol. The number of carbonyl (C=O) groups excluding carboxylic acids is 2. The number of rotatable bonds is 2. The van der Waals surface area contributed by atoms with Gasteiger partial charge in [-0.3, -0.25) is 14.5 Å². The number of aryl methyl sites for hydroxylation is 1.